The molecule has 0 atom stereocenters. The quantitative estimate of drug-likeness (QED) is 0.702. The zero-order chi connectivity index (χ0) is 20.1. The van der Waals surface area contributed by atoms with Crippen LogP contribution in [0.15, 0.2) is 60.7 Å². The number of para-hydroxylation sites is 2. The smallest absolute Gasteiger partial charge is 0.274 e. The van der Waals surface area contributed by atoms with Crippen LogP contribution in [0, 0.1) is 0 Å². The summed E-state index contributed by atoms with van der Waals surface area (Å²) in [6.07, 6.45) is 3.50. The van der Waals surface area contributed by atoms with E-state index < -0.39 is 0 Å². The number of nitrogens with zero attached hydrogens (tertiary/aromatic N) is 3. The molecule has 1 N–H and O–H groups in total. The number of carbonyl (C=O) groups excluding carboxylic acids is 1. The first-order valence-corrected chi connectivity index (χ1v) is 9.88. The topological polar surface area (TPSA) is 67.3 Å². The van der Waals surface area contributed by atoms with E-state index in [0.29, 0.717) is 23.0 Å². The molecule has 1 fully saturated rings. The second-order valence-electron chi connectivity index (χ2n) is 7.00. The second-order valence-corrected chi connectivity index (χ2v) is 7.00. The largest absolute Gasteiger partial charge is 0.495 e. The van der Waals surface area contributed by atoms with E-state index in [9.17, 15) is 4.79 Å². The molecule has 0 bridgehead atoms. The highest BCUT2D eigenvalue weighted by atomic mass is 16.5. The third kappa shape index (κ3) is 4.37. The van der Waals surface area contributed by atoms with Crippen molar-refractivity contribution in [1.82, 2.24) is 9.97 Å². The minimum absolute atomic E-state index is 0.285. The molecule has 0 radical (unpaired) electrons. The maximum absolute atomic E-state index is 13.0. The molecule has 2 aromatic carbocycles. The molecule has 1 aromatic heterocycles. The number of hydrogen-bond donors (Lipinski definition) is 1. The van der Waals surface area contributed by atoms with Crippen molar-refractivity contribution >= 4 is 17.4 Å². The molecule has 1 amide bonds. The van der Waals surface area contributed by atoms with Crippen LogP contribution < -0.4 is 15.0 Å². The average molecular weight is 388 g/mol. The van der Waals surface area contributed by atoms with Gasteiger partial charge >= 0.3 is 0 Å². The predicted octanol–water partition coefficient (Wildman–Crippen LogP) is 4.39. The normalized spacial score (nSPS) is 13.8. The lowest BCUT2D eigenvalue weighted by Crippen LogP contribution is -2.31. The van der Waals surface area contributed by atoms with Gasteiger partial charge in [0.05, 0.1) is 12.8 Å². The highest BCUT2D eigenvalue weighted by Gasteiger charge is 2.19. The number of benzene rings is 2. The first-order valence-electron chi connectivity index (χ1n) is 9.88. The summed E-state index contributed by atoms with van der Waals surface area (Å²) in [5.41, 5.74) is 1.84. The zero-order valence-electron chi connectivity index (χ0n) is 16.5. The lowest BCUT2D eigenvalue weighted by atomic mass is 10.1. The van der Waals surface area contributed by atoms with Crippen molar-refractivity contribution in [1.29, 1.82) is 0 Å². The summed E-state index contributed by atoms with van der Waals surface area (Å²) in [4.78, 5) is 24.6. The first-order chi connectivity index (χ1) is 14.2. The van der Waals surface area contributed by atoms with E-state index in [4.69, 9.17) is 9.72 Å². The molecule has 1 aliphatic rings. The number of hydrogen-bond acceptors (Lipinski definition) is 5. The van der Waals surface area contributed by atoms with E-state index in [-0.39, 0.29) is 5.91 Å². The van der Waals surface area contributed by atoms with Crippen molar-refractivity contribution in [3.8, 4) is 17.1 Å². The fraction of sp³-hybridized carbons (Fsp3) is 0.261. The second kappa shape index (κ2) is 8.73. The maximum atomic E-state index is 13.0. The molecular formula is C23H24N4O2. The van der Waals surface area contributed by atoms with Crippen LogP contribution in [0.3, 0.4) is 0 Å². The Morgan fingerprint density at radius 1 is 0.966 bits per heavy atom. The van der Waals surface area contributed by atoms with Gasteiger partial charge in [-0.1, -0.05) is 42.5 Å². The van der Waals surface area contributed by atoms with Gasteiger partial charge in [0, 0.05) is 24.7 Å². The summed E-state index contributed by atoms with van der Waals surface area (Å²) in [6.45, 7) is 1.89. The van der Waals surface area contributed by atoms with Crippen LogP contribution in [0.25, 0.3) is 11.4 Å². The Hall–Kier alpha value is -3.41. The van der Waals surface area contributed by atoms with Gasteiger partial charge in [-0.15, -0.1) is 0 Å². The molecule has 29 heavy (non-hydrogen) atoms. The van der Waals surface area contributed by atoms with Gasteiger partial charge in [-0.3, -0.25) is 4.79 Å². The summed E-state index contributed by atoms with van der Waals surface area (Å²) < 4.78 is 5.34. The van der Waals surface area contributed by atoms with Crippen molar-refractivity contribution in [2.24, 2.45) is 0 Å². The van der Waals surface area contributed by atoms with Gasteiger partial charge in [0.25, 0.3) is 5.91 Å². The summed E-state index contributed by atoms with van der Waals surface area (Å²) in [6, 6.07) is 18.9. The van der Waals surface area contributed by atoms with Gasteiger partial charge in [0.2, 0.25) is 0 Å². The highest BCUT2D eigenvalue weighted by molar-refractivity contribution is 6.04. The summed E-state index contributed by atoms with van der Waals surface area (Å²) in [7, 11) is 1.58. The molecule has 0 aliphatic carbocycles. The highest BCUT2D eigenvalue weighted by Crippen LogP contribution is 2.26. The molecule has 4 rings (SSSR count). The fourth-order valence-electron chi connectivity index (χ4n) is 3.49. The Bertz CT molecular complexity index is 985. The molecule has 1 saturated heterocycles. The Morgan fingerprint density at radius 2 is 1.69 bits per heavy atom. The van der Waals surface area contributed by atoms with Crippen LogP contribution in [-0.2, 0) is 0 Å². The molecule has 0 unspecified atom stereocenters. The summed E-state index contributed by atoms with van der Waals surface area (Å²) in [5, 5.41) is 2.91. The van der Waals surface area contributed by atoms with E-state index in [2.05, 4.69) is 15.2 Å². The number of nitrogens with one attached hydrogen (secondary N) is 1. The van der Waals surface area contributed by atoms with Crippen LogP contribution in [0.1, 0.15) is 29.8 Å². The van der Waals surface area contributed by atoms with Crippen molar-refractivity contribution in [3.63, 3.8) is 0 Å². The van der Waals surface area contributed by atoms with Crippen molar-refractivity contribution in [3.05, 3.63) is 66.4 Å². The number of amides is 1. The Labute approximate surface area is 170 Å². The standard InChI is InChI=1S/C23H24N4O2/c1-29-20-13-7-6-12-18(20)25-23(28)19-16-21(27-14-8-3-9-15-27)26-22(24-19)17-10-4-2-5-11-17/h2,4-7,10-13,16H,3,8-9,14-15H2,1H3,(H,25,28). The van der Waals surface area contributed by atoms with E-state index in [1.807, 2.05) is 54.6 Å². The molecule has 6 heteroatoms. The maximum Gasteiger partial charge on any atom is 0.274 e. The van der Waals surface area contributed by atoms with Crippen LogP contribution >= 0.6 is 0 Å². The third-order valence-corrected chi connectivity index (χ3v) is 5.01. The number of rotatable bonds is 5. The Morgan fingerprint density at radius 3 is 2.45 bits per heavy atom. The number of anilines is 2. The lowest BCUT2D eigenvalue weighted by molar-refractivity contribution is 0.102. The van der Waals surface area contributed by atoms with Gasteiger partial charge < -0.3 is 15.0 Å². The number of piperidine rings is 1. The van der Waals surface area contributed by atoms with Gasteiger partial charge in [-0.2, -0.15) is 0 Å². The number of aromatic nitrogens is 2. The molecule has 3 aromatic rings. The molecule has 148 valence electrons. The zero-order valence-corrected chi connectivity index (χ0v) is 16.5. The number of methoxy groups -OCH3 is 1. The van der Waals surface area contributed by atoms with Gasteiger partial charge in [0.15, 0.2) is 5.82 Å². The molecule has 1 aliphatic heterocycles. The van der Waals surface area contributed by atoms with Crippen molar-refractivity contribution in [2.45, 2.75) is 19.3 Å². The van der Waals surface area contributed by atoms with Gasteiger partial charge in [-0.05, 0) is 31.4 Å². The van der Waals surface area contributed by atoms with Crippen LogP contribution in [0.4, 0.5) is 11.5 Å². The SMILES string of the molecule is COc1ccccc1NC(=O)c1cc(N2CCCCC2)nc(-c2ccccc2)n1. The predicted molar refractivity (Wildman–Crippen MR) is 114 cm³/mol. The number of carbonyl (C=O) groups is 1. The molecule has 6 nitrogen and oxygen atoms in total. The third-order valence-electron chi connectivity index (χ3n) is 5.01. The fourth-order valence-corrected chi connectivity index (χ4v) is 3.49. The van der Waals surface area contributed by atoms with Crippen molar-refractivity contribution in [2.75, 3.05) is 30.4 Å². The van der Waals surface area contributed by atoms with Crippen LogP contribution in [0.2, 0.25) is 0 Å². The summed E-state index contributed by atoms with van der Waals surface area (Å²) in [5.74, 6) is 1.67. The van der Waals surface area contributed by atoms with E-state index in [0.717, 1.165) is 37.3 Å². The molecule has 2 heterocycles. The van der Waals surface area contributed by atoms with Gasteiger partial charge in [0.1, 0.15) is 17.3 Å². The summed E-state index contributed by atoms with van der Waals surface area (Å²) >= 11 is 0. The van der Waals surface area contributed by atoms with Crippen LogP contribution in [0.5, 0.6) is 5.75 Å². The molecule has 0 saturated carbocycles. The average Bonchev–Trinajstić information content (AvgIpc) is 2.80. The minimum Gasteiger partial charge on any atom is -0.495 e. The lowest BCUT2D eigenvalue weighted by Gasteiger charge is -2.28. The molecule has 0 spiro atoms. The van der Waals surface area contributed by atoms with Gasteiger partial charge in [-0.25, -0.2) is 9.97 Å². The first kappa shape index (κ1) is 18.9. The number of ether oxygens (including phenoxy) is 1. The van der Waals surface area contributed by atoms with E-state index in [1.54, 1.807) is 13.2 Å². The Kier molecular flexibility index (Phi) is 5.70. The monoisotopic (exact) mass is 388 g/mol. The molecular weight excluding hydrogens is 364 g/mol. The minimum atomic E-state index is -0.285. The van der Waals surface area contributed by atoms with E-state index in [1.165, 1.54) is 6.42 Å². The van der Waals surface area contributed by atoms with E-state index >= 15 is 0 Å². The van der Waals surface area contributed by atoms with Crippen molar-refractivity contribution < 1.29 is 9.53 Å². The van der Waals surface area contributed by atoms with Crippen LogP contribution in [-0.4, -0.2) is 36.1 Å². The Balaban J connectivity index is 1.70.